The molecule has 1 aliphatic heterocycles. The fraction of sp³-hybridized carbons (Fsp3) is 0.800. The second-order valence-corrected chi connectivity index (χ2v) is 6.29. The van der Waals surface area contributed by atoms with E-state index in [4.69, 9.17) is 0 Å². The minimum Gasteiger partial charge on any atom is -0.301 e. The molecule has 1 fully saturated rings. The first-order valence-corrected chi connectivity index (χ1v) is 7.33. The maximum absolute atomic E-state index is 4.56. The second kappa shape index (κ2) is 5.87. The van der Waals surface area contributed by atoms with Crippen molar-refractivity contribution in [3.63, 3.8) is 0 Å². The molecular formula is C15H27N3. The largest absolute Gasteiger partial charge is 0.301 e. The molecule has 1 aliphatic rings. The highest BCUT2D eigenvalue weighted by Gasteiger charge is 2.22. The van der Waals surface area contributed by atoms with E-state index in [0.717, 1.165) is 6.42 Å². The third-order valence-electron chi connectivity index (χ3n) is 3.90. The minimum absolute atomic E-state index is 0.612. The number of rotatable bonds is 4. The topological polar surface area (TPSA) is 21.1 Å². The number of likely N-dealkylation sites (tertiary alicyclic amines) is 1. The first-order chi connectivity index (χ1) is 8.56. The molecule has 0 N–H and O–H groups in total. The molecule has 0 aliphatic carbocycles. The Labute approximate surface area is 111 Å². The summed E-state index contributed by atoms with van der Waals surface area (Å²) in [5.41, 5.74) is 1.39. The van der Waals surface area contributed by atoms with Crippen LogP contribution in [0.25, 0.3) is 0 Å². The Morgan fingerprint density at radius 1 is 1.22 bits per heavy atom. The van der Waals surface area contributed by atoms with Crippen molar-refractivity contribution in [2.75, 3.05) is 13.1 Å². The van der Waals surface area contributed by atoms with Crippen LogP contribution in [0.3, 0.4) is 0 Å². The highest BCUT2D eigenvalue weighted by atomic mass is 15.3. The lowest BCUT2D eigenvalue weighted by molar-refractivity contribution is 0.147. The van der Waals surface area contributed by atoms with E-state index >= 15 is 0 Å². The van der Waals surface area contributed by atoms with Gasteiger partial charge in [0.05, 0.1) is 12.2 Å². The maximum Gasteiger partial charge on any atom is 0.0543 e. The molecule has 0 saturated carbocycles. The van der Waals surface area contributed by atoms with E-state index in [2.05, 4.69) is 54.8 Å². The molecule has 0 atom stereocenters. The zero-order valence-electron chi connectivity index (χ0n) is 12.3. The number of nitrogens with zero attached hydrogens (tertiary/aromatic N) is 3. The lowest BCUT2D eigenvalue weighted by Crippen LogP contribution is -2.39. The van der Waals surface area contributed by atoms with Gasteiger partial charge in [0.1, 0.15) is 0 Å². The van der Waals surface area contributed by atoms with Crippen molar-refractivity contribution in [3.8, 4) is 0 Å². The number of hydrogen-bond acceptors (Lipinski definition) is 2. The van der Waals surface area contributed by atoms with Crippen LogP contribution in [0.1, 0.15) is 52.1 Å². The Bertz CT molecular complexity index is 360. The van der Waals surface area contributed by atoms with E-state index in [9.17, 15) is 0 Å². The molecule has 102 valence electrons. The molecule has 18 heavy (non-hydrogen) atoms. The standard InChI is InChI=1S/C15H27N3/c1-12(2)9-14-10-16-18(11-14)15-5-7-17(8-6-15)13(3)4/h10-13,15H,5-9H2,1-4H3. The predicted molar refractivity (Wildman–Crippen MR) is 75.7 cm³/mol. The Morgan fingerprint density at radius 3 is 2.44 bits per heavy atom. The Kier molecular flexibility index (Phi) is 4.44. The van der Waals surface area contributed by atoms with E-state index in [0.29, 0.717) is 18.0 Å². The lowest BCUT2D eigenvalue weighted by Gasteiger charge is -2.34. The molecule has 0 bridgehead atoms. The van der Waals surface area contributed by atoms with Crippen LogP contribution in [0.15, 0.2) is 12.4 Å². The SMILES string of the molecule is CC(C)Cc1cnn(C2CCN(C(C)C)CC2)c1. The highest BCUT2D eigenvalue weighted by Crippen LogP contribution is 2.23. The maximum atomic E-state index is 4.56. The van der Waals surface area contributed by atoms with Crippen molar-refractivity contribution in [3.05, 3.63) is 18.0 Å². The van der Waals surface area contributed by atoms with E-state index < -0.39 is 0 Å². The summed E-state index contributed by atoms with van der Waals surface area (Å²) in [6, 6.07) is 1.29. The summed E-state index contributed by atoms with van der Waals surface area (Å²) in [5, 5.41) is 4.56. The molecule has 0 spiro atoms. The molecule has 2 rings (SSSR count). The van der Waals surface area contributed by atoms with Crippen LogP contribution in [0.2, 0.25) is 0 Å². The molecule has 1 aromatic rings. The Morgan fingerprint density at radius 2 is 1.89 bits per heavy atom. The summed E-state index contributed by atoms with van der Waals surface area (Å²) in [4.78, 5) is 2.56. The van der Waals surface area contributed by atoms with E-state index in [-0.39, 0.29) is 0 Å². The van der Waals surface area contributed by atoms with Gasteiger partial charge in [-0.25, -0.2) is 0 Å². The van der Waals surface area contributed by atoms with Crippen LogP contribution in [0.4, 0.5) is 0 Å². The summed E-state index contributed by atoms with van der Waals surface area (Å²) in [7, 11) is 0. The Hall–Kier alpha value is -0.830. The molecule has 2 heterocycles. The Balaban J connectivity index is 1.91. The van der Waals surface area contributed by atoms with Crippen LogP contribution in [0.5, 0.6) is 0 Å². The van der Waals surface area contributed by atoms with Crippen molar-refractivity contribution >= 4 is 0 Å². The molecule has 0 unspecified atom stereocenters. The third kappa shape index (κ3) is 3.35. The van der Waals surface area contributed by atoms with Crippen LogP contribution in [-0.2, 0) is 6.42 Å². The lowest BCUT2D eigenvalue weighted by atomic mass is 10.0. The van der Waals surface area contributed by atoms with Crippen LogP contribution < -0.4 is 0 Å². The molecule has 3 heteroatoms. The van der Waals surface area contributed by atoms with E-state index in [1.807, 2.05) is 0 Å². The number of hydrogen-bond donors (Lipinski definition) is 0. The van der Waals surface area contributed by atoms with Crippen molar-refractivity contribution in [2.45, 2.75) is 59.0 Å². The third-order valence-corrected chi connectivity index (χ3v) is 3.90. The van der Waals surface area contributed by atoms with Crippen molar-refractivity contribution in [1.29, 1.82) is 0 Å². The first kappa shape index (κ1) is 13.6. The molecule has 1 aromatic heterocycles. The summed E-state index contributed by atoms with van der Waals surface area (Å²) < 4.78 is 2.20. The summed E-state index contributed by atoms with van der Waals surface area (Å²) >= 11 is 0. The van der Waals surface area contributed by atoms with Gasteiger partial charge in [0.25, 0.3) is 0 Å². The number of aromatic nitrogens is 2. The van der Waals surface area contributed by atoms with Crippen LogP contribution in [0, 0.1) is 5.92 Å². The van der Waals surface area contributed by atoms with E-state index in [1.165, 1.54) is 31.5 Å². The van der Waals surface area contributed by atoms with Crippen molar-refractivity contribution in [2.24, 2.45) is 5.92 Å². The van der Waals surface area contributed by atoms with Gasteiger partial charge in [-0.05, 0) is 44.6 Å². The predicted octanol–water partition coefficient (Wildman–Crippen LogP) is 3.13. The fourth-order valence-electron chi connectivity index (χ4n) is 2.82. The molecular weight excluding hydrogens is 222 g/mol. The van der Waals surface area contributed by atoms with Crippen molar-refractivity contribution < 1.29 is 0 Å². The zero-order chi connectivity index (χ0) is 13.1. The summed E-state index contributed by atoms with van der Waals surface area (Å²) in [6.45, 7) is 11.5. The van der Waals surface area contributed by atoms with Gasteiger partial charge >= 0.3 is 0 Å². The van der Waals surface area contributed by atoms with Gasteiger partial charge < -0.3 is 4.90 Å². The number of piperidine rings is 1. The van der Waals surface area contributed by atoms with Crippen molar-refractivity contribution in [1.82, 2.24) is 14.7 Å². The van der Waals surface area contributed by atoms with Gasteiger partial charge in [-0.1, -0.05) is 13.8 Å². The molecule has 0 radical (unpaired) electrons. The first-order valence-electron chi connectivity index (χ1n) is 7.33. The smallest absolute Gasteiger partial charge is 0.0543 e. The average Bonchev–Trinajstić information content (AvgIpc) is 2.76. The van der Waals surface area contributed by atoms with Gasteiger partial charge in [-0.3, -0.25) is 4.68 Å². The average molecular weight is 249 g/mol. The van der Waals surface area contributed by atoms with Crippen LogP contribution >= 0.6 is 0 Å². The molecule has 0 amide bonds. The fourth-order valence-corrected chi connectivity index (χ4v) is 2.82. The summed E-state index contributed by atoms with van der Waals surface area (Å²) in [5.74, 6) is 0.713. The minimum atomic E-state index is 0.612. The second-order valence-electron chi connectivity index (χ2n) is 6.29. The van der Waals surface area contributed by atoms with Gasteiger partial charge in [0.15, 0.2) is 0 Å². The van der Waals surface area contributed by atoms with Crippen LogP contribution in [-0.4, -0.2) is 33.8 Å². The van der Waals surface area contributed by atoms with Gasteiger partial charge in [-0.2, -0.15) is 5.10 Å². The monoisotopic (exact) mass is 249 g/mol. The summed E-state index contributed by atoms with van der Waals surface area (Å²) in [6.07, 6.45) is 7.93. The van der Waals surface area contributed by atoms with E-state index in [1.54, 1.807) is 0 Å². The highest BCUT2D eigenvalue weighted by molar-refractivity contribution is 5.05. The van der Waals surface area contributed by atoms with Gasteiger partial charge in [-0.15, -0.1) is 0 Å². The molecule has 0 aromatic carbocycles. The van der Waals surface area contributed by atoms with Gasteiger partial charge in [0, 0.05) is 25.3 Å². The molecule has 1 saturated heterocycles. The quantitative estimate of drug-likeness (QED) is 0.817. The molecule has 3 nitrogen and oxygen atoms in total. The normalized spacial score (nSPS) is 19.0. The zero-order valence-corrected chi connectivity index (χ0v) is 12.3. The van der Waals surface area contributed by atoms with Gasteiger partial charge in [0.2, 0.25) is 0 Å².